The lowest BCUT2D eigenvalue weighted by atomic mass is 9.95. The van der Waals surface area contributed by atoms with Crippen LogP contribution in [-0.2, 0) is 7.05 Å². The second kappa shape index (κ2) is 6.30. The van der Waals surface area contributed by atoms with Crippen LogP contribution in [0, 0.1) is 11.6 Å². The molecular formula is C18H17F2N3. The molecule has 0 radical (unpaired) electrons. The van der Waals surface area contributed by atoms with Crippen LogP contribution >= 0.6 is 0 Å². The molecule has 5 heteroatoms. The molecule has 2 aromatic carbocycles. The molecule has 0 amide bonds. The minimum absolute atomic E-state index is 0.155. The van der Waals surface area contributed by atoms with Crippen molar-refractivity contribution in [3.8, 4) is 11.3 Å². The summed E-state index contributed by atoms with van der Waals surface area (Å²) in [6.07, 6.45) is 0. The van der Waals surface area contributed by atoms with Gasteiger partial charge in [0, 0.05) is 30.8 Å². The molecule has 1 aromatic heterocycles. The third-order valence-electron chi connectivity index (χ3n) is 3.90. The Morgan fingerprint density at radius 2 is 1.78 bits per heavy atom. The molecule has 0 spiro atoms. The van der Waals surface area contributed by atoms with Gasteiger partial charge in [0.1, 0.15) is 11.6 Å². The Morgan fingerprint density at radius 1 is 1.04 bits per heavy atom. The van der Waals surface area contributed by atoms with Gasteiger partial charge in [-0.1, -0.05) is 12.1 Å². The number of aromatic nitrogens is 2. The zero-order valence-electron chi connectivity index (χ0n) is 12.7. The lowest BCUT2D eigenvalue weighted by molar-refractivity contribution is 0.618. The van der Waals surface area contributed by atoms with Gasteiger partial charge in [-0.15, -0.1) is 0 Å². The maximum atomic E-state index is 13.5. The van der Waals surface area contributed by atoms with Crippen molar-refractivity contribution in [1.82, 2.24) is 9.78 Å². The number of nitrogens with zero attached hydrogens (tertiary/aromatic N) is 2. The molecule has 1 atom stereocenters. The van der Waals surface area contributed by atoms with Crippen LogP contribution < -0.4 is 5.73 Å². The van der Waals surface area contributed by atoms with Gasteiger partial charge in [-0.05, 0) is 48.0 Å². The zero-order chi connectivity index (χ0) is 16.4. The Labute approximate surface area is 133 Å². The second-order valence-corrected chi connectivity index (χ2v) is 5.43. The van der Waals surface area contributed by atoms with E-state index in [2.05, 4.69) is 5.10 Å². The van der Waals surface area contributed by atoms with Crippen molar-refractivity contribution in [2.45, 2.75) is 5.92 Å². The lowest BCUT2D eigenvalue weighted by Crippen LogP contribution is -2.17. The minimum atomic E-state index is -0.290. The standard InChI is InChI=1S/C18H17F2N3/c1-23-18(16(11-21)13-3-2-4-15(20)9-13)10-17(22-23)12-5-7-14(19)8-6-12/h2-10,16H,11,21H2,1H3. The lowest BCUT2D eigenvalue weighted by Gasteiger charge is -2.15. The van der Waals surface area contributed by atoms with Crippen molar-refractivity contribution < 1.29 is 8.78 Å². The molecule has 0 aliphatic rings. The molecule has 0 fully saturated rings. The molecule has 0 saturated carbocycles. The fourth-order valence-electron chi connectivity index (χ4n) is 2.72. The van der Waals surface area contributed by atoms with Crippen molar-refractivity contribution in [2.24, 2.45) is 12.8 Å². The third kappa shape index (κ3) is 3.14. The summed E-state index contributed by atoms with van der Waals surface area (Å²) in [6, 6.07) is 14.5. The maximum absolute atomic E-state index is 13.5. The van der Waals surface area contributed by atoms with Gasteiger partial charge in [-0.25, -0.2) is 8.78 Å². The summed E-state index contributed by atoms with van der Waals surface area (Å²) < 4.78 is 28.3. The van der Waals surface area contributed by atoms with Crippen molar-refractivity contribution in [3.63, 3.8) is 0 Å². The van der Waals surface area contributed by atoms with E-state index in [0.29, 0.717) is 6.54 Å². The largest absolute Gasteiger partial charge is 0.329 e. The van der Waals surface area contributed by atoms with E-state index < -0.39 is 0 Å². The number of rotatable bonds is 4. The van der Waals surface area contributed by atoms with Crippen molar-refractivity contribution >= 4 is 0 Å². The predicted octanol–water partition coefficient (Wildman–Crippen LogP) is 3.46. The smallest absolute Gasteiger partial charge is 0.123 e. The Hall–Kier alpha value is -2.53. The summed E-state index contributed by atoms with van der Waals surface area (Å²) in [7, 11) is 1.82. The number of benzene rings is 2. The van der Waals surface area contributed by atoms with E-state index in [1.165, 1.54) is 24.3 Å². The molecule has 0 aliphatic heterocycles. The van der Waals surface area contributed by atoms with Crippen molar-refractivity contribution in [1.29, 1.82) is 0 Å². The van der Waals surface area contributed by atoms with Crippen LogP contribution in [0.3, 0.4) is 0 Å². The molecule has 1 heterocycles. The Morgan fingerprint density at radius 3 is 2.43 bits per heavy atom. The maximum Gasteiger partial charge on any atom is 0.123 e. The van der Waals surface area contributed by atoms with Gasteiger partial charge >= 0.3 is 0 Å². The number of halogens is 2. The second-order valence-electron chi connectivity index (χ2n) is 5.43. The molecule has 3 nitrogen and oxygen atoms in total. The highest BCUT2D eigenvalue weighted by molar-refractivity contribution is 5.59. The summed E-state index contributed by atoms with van der Waals surface area (Å²) in [5.74, 6) is -0.733. The van der Waals surface area contributed by atoms with Gasteiger partial charge in [0.15, 0.2) is 0 Å². The fraction of sp³-hybridized carbons (Fsp3) is 0.167. The minimum Gasteiger partial charge on any atom is -0.329 e. The molecule has 3 aromatic rings. The highest BCUT2D eigenvalue weighted by Crippen LogP contribution is 2.28. The van der Waals surface area contributed by atoms with Crippen LogP contribution in [0.1, 0.15) is 17.2 Å². The highest BCUT2D eigenvalue weighted by Gasteiger charge is 2.18. The quantitative estimate of drug-likeness (QED) is 0.801. The summed E-state index contributed by atoms with van der Waals surface area (Å²) in [5.41, 5.74) is 9.16. The van der Waals surface area contributed by atoms with Gasteiger partial charge in [-0.3, -0.25) is 4.68 Å². The Kier molecular flexibility index (Phi) is 4.21. The molecule has 0 aliphatic carbocycles. The average molecular weight is 313 g/mol. The van der Waals surface area contributed by atoms with E-state index in [4.69, 9.17) is 5.73 Å². The Bertz CT molecular complexity index is 809. The van der Waals surface area contributed by atoms with Crippen LogP contribution in [0.4, 0.5) is 8.78 Å². The van der Waals surface area contributed by atoms with Gasteiger partial charge in [0.25, 0.3) is 0 Å². The summed E-state index contributed by atoms with van der Waals surface area (Å²) in [4.78, 5) is 0. The number of hydrogen-bond acceptors (Lipinski definition) is 2. The van der Waals surface area contributed by atoms with E-state index in [1.807, 2.05) is 19.2 Å². The van der Waals surface area contributed by atoms with Crippen LogP contribution in [0.15, 0.2) is 54.6 Å². The highest BCUT2D eigenvalue weighted by atomic mass is 19.1. The first-order chi connectivity index (χ1) is 11.1. The van der Waals surface area contributed by atoms with Crippen LogP contribution in [-0.4, -0.2) is 16.3 Å². The fourth-order valence-corrected chi connectivity index (χ4v) is 2.72. The summed E-state index contributed by atoms with van der Waals surface area (Å²) in [6.45, 7) is 0.339. The van der Waals surface area contributed by atoms with Gasteiger partial charge in [-0.2, -0.15) is 5.10 Å². The van der Waals surface area contributed by atoms with Crippen LogP contribution in [0.25, 0.3) is 11.3 Å². The van der Waals surface area contributed by atoms with E-state index in [9.17, 15) is 8.78 Å². The van der Waals surface area contributed by atoms with E-state index in [0.717, 1.165) is 22.5 Å². The van der Waals surface area contributed by atoms with Gasteiger partial charge in [0.05, 0.1) is 5.69 Å². The Balaban J connectivity index is 2.00. The first-order valence-corrected chi connectivity index (χ1v) is 7.34. The molecule has 1 unspecified atom stereocenters. The van der Waals surface area contributed by atoms with Gasteiger partial charge < -0.3 is 5.73 Å². The molecule has 0 saturated heterocycles. The molecule has 2 N–H and O–H groups in total. The SMILES string of the molecule is Cn1nc(-c2ccc(F)cc2)cc1C(CN)c1cccc(F)c1. The predicted molar refractivity (Wildman–Crippen MR) is 85.9 cm³/mol. The van der Waals surface area contributed by atoms with Crippen molar-refractivity contribution in [3.05, 3.63) is 77.5 Å². The van der Waals surface area contributed by atoms with Crippen LogP contribution in [0.2, 0.25) is 0 Å². The monoisotopic (exact) mass is 313 g/mol. The van der Waals surface area contributed by atoms with Gasteiger partial charge in [0.2, 0.25) is 0 Å². The molecule has 23 heavy (non-hydrogen) atoms. The topological polar surface area (TPSA) is 43.8 Å². The average Bonchev–Trinajstić information content (AvgIpc) is 2.91. The summed E-state index contributed by atoms with van der Waals surface area (Å²) >= 11 is 0. The zero-order valence-corrected chi connectivity index (χ0v) is 12.7. The van der Waals surface area contributed by atoms with E-state index >= 15 is 0 Å². The summed E-state index contributed by atoms with van der Waals surface area (Å²) in [5, 5.41) is 4.47. The molecule has 3 rings (SSSR count). The molecular weight excluding hydrogens is 296 g/mol. The van der Waals surface area contributed by atoms with E-state index in [1.54, 1.807) is 22.9 Å². The first kappa shape index (κ1) is 15.4. The van der Waals surface area contributed by atoms with Crippen molar-refractivity contribution in [2.75, 3.05) is 6.54 Å². The number of nitrogens with two attached hydrogens (primary N) is 1. The molecule has 118 valence electrons. The van der Waals surface area contributed by atoms with E-state index in [-0.39, 0.29) is 17.6 Å². The molecule has 0 bridgehead atoms. The number of hydrogen-bond donors (Lipinski definition) is 1. The first-order valence-electron chi connectivity index (χ1n) is 7.34. The van der Waals surface area contributed by atoms with Crippen LogP contribution in [0.5, 0.6) is 0 Å². The normalized spacial score (nSPS) is 12.3. The number of aryl methyl sites for hydroxylation is 1. The third-order valence-corrected chi connectivity index (χ3v) is 3.90.